The summed E-state index contributed by atoms with van der Waals surface area (Å²) in [6.07, 6.45) is -0.268. The van der Waals surface area contributed by atoms with E-state index in [9.17, 15) is 18.0 Å². The molecule has 1 aromatic heterocycles. The number of carbonyl (C=O) groups excluding carboxylic acids is 1. The molecule has 50 heavy (non-hydrogen) atoms. The maximum absolute atomic E-state index is 14.4. The van der Waals surface area contributed by atoms with Crippen LogP contribution in [0.5, 0.6) is 5.75 Å². The fourth-order valence-electron chi connectivity index (χ4n) is 6.91. The van der Waals surface area contributed by atoms with E-state index in [0.29, 0.717) is 23.0 Å². The number of hydrogen-bond donors (Lipinski definition) is 0. The van der Waals surface area contributed by atoms with Gasteiger partial charge in [-0.15, -0.1) is 5.10 Å². The summed E-state index contributed by atoms with van der Waals surface area (Å²) in [5, 5.41) is 6.36. The molecule has 6 rings (SSSR count). The van der Waals surface area contributed by atoms with Crippen molar-refractivity contribution in [1.82, 2.24) is 14.8 Å². The first-order valence-corrected chi connectivity index (χ1v) is 19.1. The van der Waals surface area contributed by atoms with E-state index in [2.05, 4.69) is 71.0 Å². The molecule has 2 heterocycles. The highest BCUT2D eigenvalue weighted by Crippen LogP contribution is 2.40. The smallest absolute Gasteiger partial charge is 0.261 e. The minimum atomic E-state index is -3.09. The number of benzene rings is 4. The van der Waals surface area contributed by atoms with E-state index < -0.39 is 37.8 Å². The van der Waals surface area contributed by atoms with Crippen LogP contribution >= 0.6 is 15.9 Å². The van der Waals surface area contributed by atoms with Crippen LogP contribution in [0.15, 0.2) is 102 Å². The minimum Gasteiger partial charge on any atom is -0.497 e. The molecule has 5 aromatic rings. The Labute approximate surface area is 299 Å². The highest BCUT2D eigenvalue weighted by atomic mass is 79.9. The number of nitrogens with zero attached hydrogens (tertiary/aromatic N) is 4. The third-order valence-corrected chi connectivity index (χ3v) is 14.6. The topological polar surface area (TPSA) is 69.5 Å². The number of rotatable bonds is 10. The van der Waals surface area contributed by atoms with Gasteiger partial charge in [0.25, 0.3) is 8.32 Å². The van der Waals surface area contributed by atoms with Crippen molar-refractivity contribution in [2.75, 3.05) is 18.6 Å². The predicted molar refractivity (Wildman–Crippen MR) is 193 cm³/mol. The highest BCUT2D eigenvalue weighted by molar-refractivity contribution is 9.10. The van der Waals surface area contributed by atoms with Crippen molar-refractivity contribution in [1.29, 1.82) is 0 Å². The van der Waals surface area contributed by atoms with Gasteiger partial charge in [0.1, 0.15) is 5.75 Å². The van der Waals surface area contributed by atoms with Gasteiger partial charge < -0.3 is 9.16 Å². The lowest BCUT2D eigenvalue weighted by molar-refractivity contribution is -0.125. The molecule has 0 saturated carbocycles. The Hall–Kier alpha value is -4.26. The molecule has 0 N–H and O–H groups in total. The number of hydrogen-bond acceptors (Lipinski definition) is 5. The summed E-state index contributed by atoms with van der Waals surface area (Å²) < 4.78 is 57.4. The summed E-state index contributed by atoms with van der Waals surface area (Å²) in [6, 6.07) is 29.8. The van der Waals surface area contributed by atoms with E-state index >= 15 is 0 Å². The van der Waals surface area contributed by atoms with Crippen molar-refractivity contribution in [3.63, 3.8) is 0 Å². The molecule has 0 spiro atoms. The maximum atomic E-state index is 14.4. The molecular formula is C38H38BrF3N4O3Si. The number of amides is 1. The molecule has 7 nitrogen and oxygen atoms in total. The lowest BCUT2D eigenvalue weighted by Gasteiger charge is -2.47. The monoisotopic (exact) mass is 762 g/mol. The molecule has 2 atom stereocenters. The summed E-state index contributed by atoms with van der Waals surface area (Å²) in [5.41, 5.74) is 1.08. The fraction of sp³-hybridized carbons (Fsp3) is 0.289. The number of halogens is 4. The average molecular weight is 764 g/mol. The number of anilines is 1. The van der Waals surface area contributed by atoms with Gasteiger partial charge in [0.05, 0.1) is 26.3 Å². The van der Waals surface area contributed by atoms with E-state index in [-0.39, 0.29) is 35.9 Å². The molecule has 2 unspecified atom stereocenters. The van der Waals surface area contributed by atoms with Crippen molar-refractivity contribution in [2.45, 2.75) is 51.3 Å². The van der Waals surface area contributed by atoms with Gasteiger partial charge in [-0.05, 0) is 79.6 Å². The lowest BCUT2D eigenvalue weighted by atomic mass is 9.89. The van der Waals surface area contributed by atoms with Crippen LogP contribution < -0.4 is 20.0 Å². The number of piperidine rings is 1. The quantitative estimate of drug-likeness (QED) is 0.113. The summed E-state index contributed by atoms with van der Waals surface area (Å²) in [7, 11) is -1.49. The van der Waals surface area contributed by atoms with Crippen molar-refractivity contribution < 1.29 is 27.1 Å². The van der Waals surface area contributed by atoms with Crippen LogP contribution in [-0.4, -0.2) is 48.7 Å². The molecular weight excluding hydrogens is 725 g/mol. The van der Waals surface area contributed by atoms with Crippen molar-refractivity contribution in [3.8, 4) is 5.75 Å². The number of aromatic nitrogens is 3. The Morgan fingerprint density at radius 3 is 2.00 bits per heavy atom. The second kappa shape index (κ2) is 14.5. The Balaban J connectivity index is 1.44. The van der Waals surface area contributed by atoms with E-state index in [1.807, 2.05) is 60.7 Å². The maximum Gasteiger partial charge on any atom is 0.261 e. The van der Waals surface area contributed by atoms with Gasteiger partial charge >= 0.3 is 0 Å². The zero-order chi connectivity index (χ0) is 35.6. The zero-order valence-corrected chi connectivity index (χ0v) is 30.8. The molecule has 1 aliphatic rings. The van der Waals surface area contributed by atoms with Crippen LogP contribution in [0.2, 0.25) is 5.04 Å². The first-order valence-electron chi connectivity index (χ1n) is 16.4. The molecule has 1 aliphatic heterocycles. The number of carbonyl (C=O) groups is 1. The summed E-state index contributed by atoms with van der Waals surface area (Å²) in [4.78, 5) is 20.6. The third kappa shape index (κ3) is 7.14. The molecule has 0 radical (unpaired) electrons. The molecule has 1 saturated heterocycles. The second-order valence-electron chi connectivity index (χ2n) is 13.5. The van der Waals surface area contributed by atoms with Gasteiger partial charge in [-0.1, -0.05) is 93.6 Å². The Morgan fingerprint density at radius 1 is 0.880 bits per heavy atom. The van der Waals surface area contributed by atoms with Crippen molar-refractivity contribution in [3.05, 3.63) is 130 Å². The van der Waals surface area contributed by atoms with Gasteiger partial charge in [-0.2, -0.15) is 4.98 Å². The summed E-state index contributed by atoms with van der Waals surface area (Å²) >= 11 is 3.40. The molecule has 0 aliphatic carbocycles. The van der Waals surface area contributed by atoms with Gasteiger partial charge in [0.2, 0.25) is 16.6 Å². The largest absolute Gasteiger partial charge is 0.497 e. The average Bonchev–Trinajstić information content (AvgIpc) is 3.47. The van der Waals surface area contributed by atoms with E-state index in [1.165, 1.54) is 0 Å². The van der Waals surface area contributed by atoms with Crippen molar-refractivity contribution in [2.24, 2.45) is 5.92 Å². The Morgan fingerprint density at radius 2 is 1.46 bits per heavy atom. The van der Waals surface area contributed by atoms with Gasteiger partial charge in [0, 0.05) is 5.92 Å². The molecule has 0 bridgehead atoms. The van der Waals surface area contributed by atoms with E-state index in [1.54, 1.807) is 16.7 Å². The summed E-state index contributed by atoms with van der Waals surface area (Å²) in [5.74, 6) is -4.20. The number of ether oxygens (including phenoxy) is 1. The predicted octanol–water partition coefficient (Wildman–Crippen LogP) is 7.06. The molecule has 4 aromatic carbocycles. The van der Waals surface area contributed by atoms with Gasteiger partial charge in [-0.25, -0.2) is 17.9 Å². The van der Waals surface area contributed by atoms with Gasteiger partial charge in [0.15, 0.2) is 17.5 Å². The standard InChI is InChI=1S/C38H38BrF3N4O3Si/c1-38(2,3)50(30-11-7-5-8-12-30,31-13-9-6-10-14-31)49-29-22-27(19-26-20-32(40)34(42)33(41)21-26)35(47)45(24-29)37-43-36(39)44-46(37)23-25-15-17-28(48-4)18-16-25/h5-18,20-21,27,29H,19,22-24H2,1-4H3. The second-order valence-corrected chi connectivity index (χ2v) is 18.5. The van der Waals surface area contributed by atoms with Gasteiger partial charge in [-0.3, -0.25) is 9.69 Å². The fourth-order valence-corrected chi connectivity index (χ4v) is 11.9. The first kappa shape index (κ1) is 35.6. The van der Waals surface area contributed by atoms with Crippen LogP contribution in [0.3, 0.4) is 0 Å². The normalized spacial score (nSPS) is 16.9. The van der Waals surface area contributed by atoms with Crippen LogP contribution in [0.4, 0.5) is 19.1 Å². The minimum absolute atomic E-state index is 0.0299. The van der Waals surface area contributed by atoms with E-state index in [0.717, 1.165) is 28.1 Å². The third-order valence-electron chi connectivity index (χ3n) is 9.19. The molecule has 1 fully saturated rings. The SMILES string of the molecule is COc1ccc(Cn2nc(Br)nc2N2CC(O[Si](c3ccccc3)(c3ccccc3)C(C)(C)C)CC(Cc3cc(F)c(F)c(F)c3)C2=O)cc1. The lowest BCUT2D eigenvalue weighted by Crippen LogP contribution is -2.69. The van der Waals surface area contributed by atoms with Crippen LogP contribution in [0, 0.1) is 23.4 Å². The number of methoxy groups -OCH3 is 1. The molecule has 260 valence electrons. The van der Waals surface area contributed by atoms with Crippen LogP contribution in [0.1, 0.15) is 38.3 Å². The molecule has 1 amide bonds. The molecule has 12 heteroatoms. The first-order chi connectivity index (χ1) is 23.9. The highest BCUT2D eigenvalue weighted by Gasteiger charge is 2.53. The Kier molecular flexibility index (Phi) is 10.3. The Bertz CT molecular complexity index is 1890. The van der Waals surface area contributed by atoms with Crippen LogP contribution in [-0.2, 0) is 22.2 Å². The summed E-state index contributed by atoms with van der Waals surface area (Å²) in [6.45, 7) is 7.00. The van der Waals surface area contributed by atoms with Crippen molar-refractivity contribution >= 4 is 46.5 Å². The van der Waals surface area contributed by atoms with E-state index in [4.69, 9.17) is 9.16 Å². The zero-order valence-electron chi connectivity index (χ0n) is 28.2. The van der Waals surface area contributed by atoms with Crippen LogP contribution in [0.25, 0.3) is 0 Å².